The Balaban J connectivity index is 2.40. The molecule has 1 unspecified atom stereocenters. The zero-order chi connectivity index (χ0) is 21.2. The first kappa shape index (κ1) is 22.3. The molecular weight excluding hydrogens is 388 g/mol. The maximum Gasteiger partial charge on any atom is 0.337 e. The largest absolute Gasteiger partial charge is 0.465 e. The first-order valence-electron chi connectivity index (χ1n) is 9.26. The second-order valence-corrected chi connectivity index (χ2v) is 7.24. The monoisotopic (exact) mass is 412 g/mol. The molecule has 29 heavy (non-hydrogen) atoms. The fourth-order valence-electron chi connectivity index (χ4n) is 2.88. The van der Waals surface area contributed by atoms with E-state index >= 15 is 0 Å². The molecule has 6 nitrogen and oxygen atoms in total. The number of hydrogen-bond donors (Lipinski definition) is 1. The van der Waals surface area contributed by atoms with Crippen LogP contribution >= 0.6 is 11.8 Å². The highest BCUT2D eigenvalue weighted by Crippen LogP contribution is 2.40. The van der Waals surface area contributed by atoms with E-state index < -0.39 is 11.9 Å². The van der Waals surface area contributed by atoms with Crippen LogP contribution in [0.25, 0.3) is 0 Å². The van der Waals surface area contributed by atoms with Crippen LogP contribution in [0.1, 0.15) is 31.7 Å². The van der Waals surface area contributed by atoms with Gasteiger partial charge in [0, 0.05) is 5.70 Å². The number of hydrogen-bond acceptors (Lipinski definition) is 7. The predicted octanol–water partition coefficient (Wildman–Crippen LogP) is 3.80. The van der Waals surface area contributed by atoms with Gasteiger partial charge in [0.05, 0.1) is 40.5 Å². The number of nitriles is 1. The Morgan fingerprint density at radius 3 is 2.66 bits per heavy atom. The lowest BCUT2D eigenvalue weighted by molar-refractivity contribution is -0.140. The van der Waals surface area contributed by atoms with Gasteiger partial charge in [0.25, 0.3) is 0 Å². The number of esters is 2. The van der Waals surface area contributed by atoms with E-state index in [1.165, 1.54) is 17.8 Å². The number of benzene rings is 1. The fraction of sp³-hybridized carbons (Fsp3) is 0.318. The molecule has 0 saturated carbocycles. The van der Waals surface area contributed by atoms with Crippen LogP contribution in [-0.4, -0.2) is 30.9 Å². The van der Waals surface area contributed by atoms with Crippen molar-refractivity contribution in [2.24, 2.45) is 0 Å². The van der Waals surface area contributed by atoms with E-state index in [1.807, 2.05) is 37.3 Å². The molecule has 0 amide bonds. The Kier molecular flexibility index (Phi) is 8.56. The quantitative estimate of drug-likeness (QED) is 0.487. The zero-order valence-electron chi connectivity index (χ0n) is 16.6. The summed E-state index contributed by atoms with van der Waals surface area (Å²) in [4.78, 5) is 24.6. The number of carbonyl (C=O) groups is 2. The minimum Gasteiger partial charge on any atom is -0.465 e. The van der Waals surface area contributed by atoms with Crippen molar-refractivity contribution in [3.05, 3.63) is 70.4 Å². The van der Waals surface area contributed by atoms with Gasteiger partial charge in [0.15, 0.2) is 0 Å². The van der Waals surface area contributed by atoms with Gasteiger partial charge < -0.3 is 14.8 Å². The molecule has 1 aliphatic heterocycles. The summed E-state index contributed by atoms with van der Waals surface area (Å²) in [6.07, 6.45) is 2.24. The van der Waals surface area contributed by atoms with Gasteiger partial charge in [0.2, 0.25) is 0 Å². The Hall–Kier alpha value is -2.98. The molecule has 1 aromatic carbocycles. The van der Waals surface area contributed by atoms with Gasteiger partial charge in [-0.25, -0.2) is 4.79 Å². The Labute approximate surface area is 175 Å². The molecule has 1 N–H and O–H groups in total. The summed E-state index contributed by atoms with van der Waals surface area (Å²) in [7, 11) is 0. The Morgan fingerprint density at radius 1 is 1.31 bits per heavy atom. The number of allylic oxidation sites excluding steroid dienone is 2. The molecule has 2 rings (SSSR count). The summed E-state index contributed by atoms with van der Waals surface area (Å²) in [6.45, 7) is 7.68. The van der Waals surface area contributed by atoms with Gasteiger partial charge >= 0.3 is 11.9 Å². The molecule has 152 valence electrons. The summed E-state index contributed by atoms with van der Waals surface area (Å²) < 4.78 is 10.4. The van der Waals surface area contributed by atoms with E-state index in [2.05, 4.69) is 18.0 Å². The highest BCUT2D eigenvalue weighted by molar-refractivity contribution is 8.03. The van der Waals surface area contributed by atoms with Crippen LogP contribution in [0.4, 0.5) is 0 Å². The molecular formula is C22H24N2O4S. The van der Waals surface area contributed by atoms with E-state index in [0.29, 0.717) is 28.5 Å². The highest BCUT2D eigenvalue weighted by Gasteiger charge is 2.35. The van der Waals surface area contributed by atoms with Crippen molar-refractivity contribution in [3.63, 3.8) is 0 Å². The van der Waals surface area contributed by atoms with Crippen molar-refractivity contribution in [2.75, 3.05) is 19.0 Å². The number of nitrogens with one attached hydrogen (secondary N) is 1. The van der Waals surface area contributed by atoms with Gasteiger partial charge in [-0.05, 0) is 18.9 Å². The fourth-order valence-corrected chi connectivity index (χ4v) is 3.77. The standard InChI is InChI=1S/C22H24N2O4S/c1-4-11-27-18(25)14-29-21-17(13-23)20(16-9-7-6-8-10-16)19(15(3)24-21)22(26)28-12-5-2/h5-10,20,24H,2,4,11-12,14H2,1,3H3. The van der Waals surface area contributed by atoms with Crippen LogP contribution in [-0.2, 0) is 19.1 Å². The third kappa shape index (κ3) is 5.75. The molecule has 1 atom stereocenters. The molecule has 0 fully saturated rings. The maximum atomic E-state index is 12.7. The second kappa shape index (κ2) is 11.1. The van der Waals surface area contributed by atoms with Crippen molar-refractivity contribution >= 4 is 23.7 Å². The van der Waals surface area contributed by atoms with Gasteiger partial charge in [-0.15, -0.1) is 0 Å². The smallest absolute Gasteiger partial charge is 0.337 e. The average molecular weight is 413 g/mol. The number of carbonyl (C=O) groups excluding carboxylic acids is 2. The minimum atomic E-state index is -0.589. The summed E-state index contributed by atoms with van der Waals surface area (Å²) in [6, 6.07) is 11.5. The van der Waals surface area contributed by atoms with Crippen molar-refractivity contribution in [1.82, 2.24) is 5.32 Å². The third-order valence-corrected chi connectivity index (χ3v) is 5.12. The number of rotatable bonds is 9. The highest BCUT2D eigenvalue weighted by atomic mass is 32.2. The van der Waals surface area contributed by atoms with Gasteiger partial charge in [-0.1, -0.05) is 61.7 Å². The van der Waals surface area contributed by atoms with Crippen LogP contribution in [0.2, 0.25) is 0 Å². The summed E-state index contributed by atoms with van der Waals surface area (Å²) in [5.74, 6) is -1.38. The van der Waals surface area contributed by atoms with Crippen LogP contribution in [0.3, 0.4) is 0 Å². The van der Waals surface area contributed by atoms with Crippen LogP contribution < -0.4 is 5.32 Å². The van der Waals surface area contributed by atoms with E-state index in [1.54, 1.807) is 6.92 Å². The molecule has 0 aliphatic carbocycles. The number of thioether (sulfide) groups is 1. The molecule has 7 heteroatoms. The molecule has 0 aromatic heterocycles. The molecule has 0 spiro atoms. The summed E-state index contributed by atoms with van der Waals surface area (Å²) in [5, 5.41) is 13.5. The normalized spacial score (nSPS) is 16.0. The molecule has 1 aromatic rings. The van der Waals surface area contributed by atoms with Crippen molar-refractivity contribution in [1.29, 1.82) is 5.26 Å². The SMILES string of the molecule is C=CCOC(=O)C1=C(C)NC(SCC(=O)OCCC)=C(C#N)C1c1ccccc1. The van der Waals surface area contributed by atoms with Gasteiger partial charge in [-0.2, -0.15) is 5.26 Å². The minimum absolute atomic E-state index is 0.0680. The summed E-state index contributed by atoms with van der Waals surface area (Å²) in [5.41, 5.74) is 2.10. The first-order valence-corrected chi connectivity index (χ1v) is 10.2. The Bertz CT molecular complexity index is 869. The Morgan fingerprint density at radius 2 is 2.03 bits per heavy atom. The summed E-state index contributed by atoms with van der Waals surface area (Å²) >= 11 is 1.19. The average Bonchev–Trinajstić information content (AvgIpc) is 2.74. The number of nitrogens with zero attached hydrogens (tertiary/aromatic N) is 1. The molecule has 1 heterocycles. The second-order valence-electron chi connectivity index (χ2n) is 6.26. The van der Waals surface area contributed by atoms with Crippen LogP contribution in [0.5, 0.6) is 0 Å². The number of dihydropyridines is 1. The van der Waals surface area contributed by atoms with Gasteiger partial charge in [-0.3, -0.25) is 4.79 Å². The van der Waals surface area contributed by atoms with E-state index in [9.17, 15) is 14.9 Å². The number of ether oxygens (including phenoxy) is 2. The van der Waals surface area contributed by atoms with E-state index in [4.69, 9.17) is 9.47 Å². The lowest BCUT2D eigenvalue weighted by atomic mass is 9.82. The van der Waals surface area contributed by atoms with Crippen molar-refractivity contribution in [2.45, 2.75) is 26.2 Å². The first-order chi connectivity index (χ1) is 14.0. The van der Waals surface area contributed by atoms with Crippen molar-refractivity contribution < 1.29 is 19.1 Å². The molecule has 0 saturated heterocycles. The predicted molar refractivity (Wildman–Crippen MR) is 113 cm³/mol. The topological polar surface area (TPSA) is 88.4 Å². The zero-order valence-corrected chi connectivity index (χ0v) is 17.4. The lowest BCUT2D eigenvalue weighted by Gasteiger charge is -2.29. The van der Waals surface area contributed by atoms with Gasteiger partial charge in [0.1, 0.15) is 6.61 Å². The molecule has 1 aliphatic rings. The van der Waals surface area contributed by atoms with Crippen molar-refractivity contribution in [3.8, 4) is 6.07 Å². The van der Waals surface area contributed by atoms with Crippen LogP contribution in [0, 0.1) is 11.3 Å². The maximum absolute atomic E-state index is 12.7. The third-order valence-electron chi connectivity index (χ3n) is 4.13. The molecule has 0 bridgehead atoms. The van der Waals surface area contributed by atoms with E-state index in [0.717, 1.165) is 12.0 Å². The van der Waals surface area contributed by atoms with Crippen LogP contribution in [0.15, 0.2) is 64.9 Å². The lowest BCUT2D eigenvalue weighted by Crippen LogP contribution is -2.29. The van der Waals surface area contributed by atoms with E-state index in [-0.39, 0.29) is 18.3 Å². The molecule has 0 radical (unpaired) electrons.